The lowest BCUT2D eigenvalue weighted by atomic mass is 9.99. The fourth-order valence-electron chi connectivity index (χ4n) is 2.42. The minimum atomic E-state index is -0.550. The van der Waals surface area contributed by atoms with E-state index in [1.54, 1.807) is 17.5 Å². The molecule has 106 valence electrons. The van der Waals surface area contributed by atoms with Crippen molar-refractivity contribution >= 4 is 17.2 Å². The normalized spacial score (nSPS) is 21.7. The van der Waals surface area contributed by atoms with Gasteiger partial charge >= 0.3 is 0 Å². The van der Waals surface area contributed by atoms with Crippen molar-refractivity contribution in [3.8, 4) is 0 Å². The summed E-state index contributed by atoms with van der Waals surface area (Å²) in [5, 5.41) is 12.9. The van der Waals surface area contributed by atoms with Crippen LogP contribution >= 0.6 is 11.3 Å². The molecule has 1 aromatic heterocycles. The van der Waals surface area contributed by atoms with E-state index in [1.165, 1.54) is 0 Å². The summed E-state index contributed by atoms with van der Waals surface area (Å²) in [5.41, 5.74) is 0. The fourth-order valence-corrected chi connectivity index (χ4v) is 3.20. The van der Waals surface area contributed by atoms with Crippen LogP contribution in [0.3, 0.4) is 0 Å². The highest BCUT2D eigenvalue weighted by Crippen LogP contribution is 2.32. The summed E-state index contributed by atoms with van der Waals surface area (Å²) in [6.07, 6.45) is 4.63. The maximum absolute atomic E-state index is 12.4. The molecule has 2 unspecified atom stereocenters. The Morgan fingerprint density at radius 3 is 3.00 bits per heavy atom. The van der Waals surface area contributed by atoms with Gasteiger partial charge in [0.2, 0.25) is 5.91 Å². The van der Waals surface area contributed by atoms with Gasteiger partial charge in [0.05, 0.1) is 18.6 Å². The number of likely N-dealkylation sites (tertiary alicyclic amines) is 1. The Morgan fingerprint density at radius 1 is 1.58 bits per heavy atom. The lowest BCUT2D eigenvalue weighted by Gasteiger charge is -2.35. The second kappa shape index (κ2) is 6.48. The SMILES string of the molecule is CC(C)C(O)CC(=O)N1CCCCC1c1nccs1. The third-order valence-corrected chi connectivity index (χ3v) is 4.59. The Balaban J connectivity index is 2.05. The van der Waals surface area contributed by atoms with Crippen LogP contribution < -0.4 is 0 Å². The fraction of sp³-hybridized carbons (Fsp3) is 0.714. The van der Waals surface area contributed by atoms with Crippen molar-refractivity contribution in [3.63, 3.8) is 0 Å². The van der Waals surface area contributed by atoms with Crippen molar-refractivity contribution in [1.82, 2.24) is 9.88 Å². The van der Waals surface area contributed by atoms with Crippen LogP contribution in [-0.2, 0) is 4.79 Å². The van der Waals surface area contributed by atoms with Crippen molar-refractivity contribution in [1.29, 1.82) is 0 Å². The smallest absolute Gasteiger partial charge is 0.225 e. The third kappa shape index (κ3) is 3.54. The maximum Gasteiger partial charge on any atom is 0.225 e. The molecule has 0 aliphatic carbocycles. The Bertz CT molecular complexity index is 406. The van der Waals surface area contributed by atoms with Crippen molar-refractivity contribution in [2.75, 3.05) is 6.54 Å². The molecule has 2 atom stereocenters. The molecule has 0 saturated carbocycles. The Hall–Kier alpha value is -0.940. The number of aromatic nitrogens is 1. The maximum atomic E-state index is 12.4. The summed E-state index contributed by atoms with van der Waals surface area (Å²) in [4.78, 5) is 18.6. The van der Waals surface area contributed by atoms with Gasteiger partial charge in [0.1, 0.15) is 5.01 Å². The van der Waals surface area contributed by atoms with E-state index in [-0.39, 0.29) is 24.3 Å². The highest BCUT2D eigenvalue weighted by atomic mass is 32.1. The number of thiazole rings is 1. The number of aliphatic hydroxyl groups excluding tert-OH is 1. The van der Waals surface area contributed by atoms with Crippen LogP contribution in [0.25, 0.3) is 0 Å². The number of piperidine rings is 1. The molecule has 1 fully saturated rings. The lowest BCUT2D eigenvalue weighted by molar-refractivity contribution is -0.137. The molecule has 0 spiro atoms. The summed E-state index contributed by atoms with van der Waals surface area (Å²) in [5.74, 6) is 0.174. The zero-order chi connectivity index (χ0) is 13.8. The molecule has 19 heavy (non-hydrogen) atoms. The van der Waals surface area contributed by atoms with Gasteiger partial charge < -0.3 is 10.0 Å². The average molecular weight is 282 g/mol. The van der Waals surface area contributed by atoms with Crippen LogP contribution in [0.1, 0.15) is 50.6 Å². The number of hydrogen-bond acceptors (Lipinski definition) is 4. The van der Waals surface area contributed by atoms with Crippen LogP contribution in [-0.4, -0.2) is 33.5 Å². The van der Waals surface area contributed by atoms with Crippen LogP contribution in [0.15, 0.2) is 11.6 Å². The molecule has 5 heteroatoms. The second-order valence-corrected chi connectivity index (χ2v) is 6.41. The summed E-state index contributed by atoms with van der Waals surface area (Å²) < 4.78 is 0. The highest BCUT2D eigenvalue weighted by Gasteiger charge is 2.30. The summed E-state index contributed by atoms with van der Waals surface area (Å²) in [6.45, 7) is 4.66. The number of aliphatic hydroxyl groups is 1. The quantitative estimate of drug-likeness (QED) is 0.923. The minimum absolute atomic E-state index is 0.0566. The largest absolute Gasteiger partial charge is 0.392 e. The summed E-state index contributed by atoms with van der Waals surface area (Å²) >= 11 is 1.61. The lowest BCUT2D eigenvalue weighted by Crippen LogP contribution is -2.40. The zero-order valence-corrected chi connectivity index (χ0v) is 12.4. The van der Waals surface area contributed by atoms with Crippen LogP contribution in [0.4, 0.5) is 0 Å². The minimum Gasteiger partial charge on any atom is -0.392 e. The number of amides is 1. The van der Waals surface area contributed by atoms with E-state index in [2.05, 4.69) is 4.98 Å². The molecule has 4 nitrogen and oxygen atoms in total. The van der Waals surface area contributed by atoms with Crippen molar-refractivity contribution in [2.24, 2.45) is 5.92 Å². The second-order valence-electron chi connectivity index (χ2n) is 5.48. The summed E-state index contributed by atoms with van der Waals surface area (Å²) in [6, 6.07) is 0.112. The van der Waals surface area contributed by atoms with Gasteiger partial charge in [0.15, 0.2) is 0 Å². The van der Waals surface area contributed by atoms with Crippen molar-refractivity contribution < 1.29 is 9.90 Å². The predicted molar refractivity (Wildman–Crippen MR) is 75.9 cm³/mol. The third-order valence-electron chi connectivity index (χ3n) is 3.71. The number of hydrogen-bond donors (Lipinski definition) is 1. The topological polar surface area (TPSA) is 53.4 Å². The van der Waals surface area contributed by atoms with Gasteiger partial charge in [-0.05, 0) is 25.2 Å². The van der Waals surface area contributed by atoms with Gasteiger partial charge in [-0.25, -0.2) is 4.98 Å². The monoisotopic (exact) mass is 282 g/mol. The van der Waals surface area contributed by atoms with Gasteiger partial charge in [-0.2, -0.15) is 0 Å². The van der Waals surface area contributed by atoms with Gasteiger partial charge in [0, 0.05) is 18.1 Å². The van der Waals surface area contributed by atoms with Gasteiger partial charge in [-0.3, -0.25) is 4.79 Å². The van der Waals surface area contributed by atoms with Gasteiger partial charge in [-0.15, -0.1) is 11.3 Å². The van der Waals surface area contributed by atoms with Crippen LogP contribution in [0.2, 0.25) is 0 Å². The molecule has 1 aromatic rings. The molecule has 2 heterocycles. The first-order valence-electron chi connectivity index (χ1n) is 6.96. The molecule has 1 aliphatic heterocycles. The molecular formula is C14H22N2O2S. The van der Waals surface area contributed by atoms with Crippen LogP contribution in [0, 0.1) is 5.92 Å². The van der Waals surface area contributed by atoms with Gasteiger partial charge in [-0.1, -0.05) is 13.8 Å². The number of rotatable bonds is 4. The van der Waals surface area contributed by atoms with E-state index in [9.17, 15) is 9.90 Å². The van der Waals surface area contributed by atoms with E-state index in [0.717, 1.165) is 30.8 Å². The molecule has 0 radical (unpaired) electrons. The van der Waals surface area contributed by atoms with E-state index >= 15 is 0 Å². The molecule has 1 amide bonds. The van der Waals surface area contributed by atoms with Crippen molar-refractivity contribution in [2.45, 2.75) is 51.7 Å². The van der Waals surface area contributed by atoms with E-state index in [4.69, 9.17) is 0 Å². The van der Waals surface area contributed by atoms with E-state index < -0.39 is 6.10 Å². The molecular weight excluding hydrogens is 260 g/mol. The summed E-state index contributed by atoms with van der Waals surface area (Å²) in [7, 11) is 0. The molecule has 1 aliphatic rings. The van der Waals surface area contributed by atoms with Gasteiger partial charge in [0.25, 0.3) is 0 Å². The van der Waals surface area contributed by atoms with E-state index in [0.29, 0.717) is 0 Å². The number of carbonyl (C=O) groups is 1. The number of nitrogens with zero attached hydrogens (tertiary/aromatic N) is 2. The first-order valence-corrected chi connectivity index (χ1v) is 7.84. The molecule has 0 bridgehead atoms. The highest BCUT2D eigenvalue weighted by molar-refractivity contribution is 7.09. The average Bonchev–Trinajstić information content (AvgIpc) is 2.92. The predicted octanol–water partition coefficient (Wildman–Crippen LogP) is 2.60. The first kappa shape index (κ1) is 14.5. The van der Waals surface area contributed by atoms with Crippen LogP contribution in [0.5, 0.6) is 0 Å². The van der Waals surface area contributed by atoms with Crippen molar-refractivity contribution in [3.05, 3.63) is 16.6 Å². The Kier molecular flexibility index (Phi) is 4.93. The number of carbonyl (C=O) groups excluding carboxylic acids is 1. The zero-order valence-electron chi connectivity index (χ0n) is 11.6. The Morgan fingerprint density at radius 2 is 2.37 bits per heavy atom. The molecule has 1 N–H and O–H groups in total. The standard InChI is InChI=1S/C14H22N2O2S/c1-10(2)12(17)9-13(18)16-7-4-3-5-11(16)14-15-6-8-19-14/h6,8,10-12,17H,3-5,7,9H2,1-2H3. The Labute approximate surface area is 118 Å². The molecule has 1 saturated heterocycles. The molecule has 0 aromatic carbocycles. The first-order chi connectivity index (χ1) is 9.09. The van der Waals surface area contributed by atoms with E-state index in [1.807, 2.05) is 24.1 Å². The molecule has 2 rings (SSSR count).